The van der Waals surface area contributed by atoms with Gasteiger partial charge in [-0.15, -0.1) is 0 Å². The van der Waals surface area contributed by atoms with E-state index in [9.17, 15) is 14.4 Å². The summed E-state index contributed by atoms with van der Waals surface area (Å²) in [6, 6.07) is -0.468. The van der Waals surface area contributed by atoms with Gasteiger partial charge in [-0.2, -0.15) is 0 Å². The maximum absolute atomic E-state index is 12.7. The lowest BCUT2D eigenvalue weighted by atomic mass is 9.92. The van der Waals surface area contributed by atoms with Gasteiger partial charge in [0.15, 0.2) is 6.10 Å². The number of hydrogen-bond donors (Lipinski definition) is 2. The van der Waals surface area contributed by atoms with Crippen molar-refractivity contribution in [3.63, 3.8) is 0 Å². The molecular weight excluding hydrogens is 288 g/mol. The molecule has 0 aromatic carbocycles. The van der Waals surface area contributed by atoms with Gasteiger partial charge in [-0.3, -0.25) is 9.59 Å². The normalized spacial score (nSPS) is 31.2. The molecule has 1 saturated heterocycles. The highest BCUT2D eigenvalue weighted by Crippen LogP contribution is 2.27. The molecule has 1 fully saturated rings. The van der Waals surface area contributed by atoms with E-state index in [0.29, 0.717) is 6.54 Å². The molecule has 0 aliphatic carbocycles. The zero-order valence-corrected chi connectivity index (χ0v) is 13.0. The largest absolute Gasteiger partial charge is 0.475 e. The van der Waals surface area contributed by atoms with Gasteiger partial charge in [-0.1, -0.05) is 6.92 Å². The highest BCUT2D eigenvalue weighted by atomic mass is 16.5. The number of amides is 2. The molecule has 2 amide bonds. The van der Waals surface area contributed by atoms with E-state index in [1.807, 2.05) is 6.92 Å². The van der Waals surface area contributed by atoms with E-state index >= 15 is 0 Å². The van der Waals surface area contributed by atoms with Crippen molar-refractivity contribution in [3.8, 4) is 0 Å². The van der Waals surface area contributed by atoms with Crippen LogP contribution in [0, 0.1) is 5.92 Å². The Labute approximate surface area is 129 Å². The molecule has 7 nitrogen and oxygen atoms in total. The minimum atomic E-state index is -1.21. The SMILES string of the molecule is CC(=O)N[C@@H]1[C@@H](C)C=C(C(=O)O)O[C@H]1C(=O)N1CCCC1C. The summed E-state index contributed by atoms with van der Waals surface area (Å²) in [7, 11) is 0. The molecule has 22 heavy (non-hydrogen) atoms. The lowest BCUT2D eigenvalue weighted by molar-refractivity contribution is -0.150. The van der Waals surface area contributed by atoms with E-state index in [4.69, 9.17) is 9.84 Å². The zero-order chi connectivity index (χ0) is 16.4. The first-order valence-corrected chi connectivity index (χ1v) is 7.50. The molecule has 122 valence electrons. The van der Waals surface area contributed by atoms with Crippen molar-refractivity contribution >= 4 is 17.8 Å². The zero-order valence-electron chi connectivity index (χ0n) is 13.0. The molecule has 0 bridgehead atoms. The van der Waals surface area contributed by atoms with Gasteiger partial charge in [-0.25, -0.2) is 4.79 Å². The summed E-state index contributed by atoms with van der Waals surface area (Å²) in [5.74, 6) is -2.29. The van der Waals surface area contributed by atoms with Crippen LogP contribution in [0.2, 0.25) is 0 Å². The number of ether oxygens (including phenoxy) is 1. The van der Waals surface area contributed by atoms with Crippen LogP contribution in [0.15, 0.2) is 11.8 Å². The Bertz CT molecular complexity index is 516. The summed E-state index contributed by atoms with van der Waals surface area (Å²) < 4.78 is 5.41. The molecule has 4 atom stereocenters. The van der Waals surface area contributed by atoms with E-state index < -0.39 is 18.1 Å². The second kappa shape index (κ2) is 6.37. The molecule has 2 aliphatic heterocycles. The maximum atomic E-state index is 12.7. The van der Waals surface area contributed by atoms with E-state index in [2.05, 4.69) is 5.32 Å². The van der Waals surface area contributed by atoms with Crippen LogP contribution < -0.4 is 5.32 Å². The smallest absolute Gasteiger partial charge is 0.370 e. The fourth-order valence-electron chi connectivity index (χ4n) is 3.06. The van der Waals surface area contributed by atoms with Gasteiger partial charge >= 0.3 is 5.97 Å². The quantitative estimate of drug-likeness (QED) is 0.791. The minimum absolute atomic E-state index is 0.101. The fourth-order valence-corrected chi connectivity index (χ4v) is 3.06. The number of nitrogens with zero attached hydrogens (tertiary/aromatic N) is 1. The van der Waals surface area contributed by atoms with Gasteiger partial charge in [0.1, 0.15) is 0 Å². The number of carbonyl (C=O) groups is 3. The molecule has 0 radical (unpaired) electrons. The predicted octanol–water partition coefficient (Wildman–Crippen LogP) is 0.505. The van der Waals surface area contributed by atoms with E-state index in [-0.39, 0.29) is 29.5 Å². The maximum Gasteiger partial charge on any atom is 0.370 e. The van der Waals surface area contributed by atoms with Crippen molar-refractivity contribution in [2.24, 2.45) is 5.92 Å². The van der Waals surface area contributed by atoms with Gasteiger partial charge in [0.05, 0.1) is 6.04 Å². The molecule has 0 aromatic rings. The van der Waals surface area contributed by atoms with Gasteiger partial charge < -0.3 is 20.1 Å². The summed E-state index contributed by atoms with van der Waals surface area (Å²) >= 11 is 0. The lowest BCUT2D eigenvalue weighted by Crippen LogP contribution is -2.57. The highest BCUT2D eigenvalue weighted by Gasteiger charge is 2.43. The average Bonchev–Trinajstić information content (AvgIpc) is 2.85. The van der Waals surface area contributed by atoms with Crippen molar-refractivity contribution in [2.75, 3.05) is 6.54 Å². The summed E-state index contributed by atoms with van der Waals surface area (Å²) in [4.78, 5) is 37.0. The Hall–Kier alpha value is -2.05. The Morgan fingerprint density at radius 3 is 2.55 bits per heavy atom. The molecular formula is C15H22N2O5. The van der Waals surface area contributed by atoms with Crippen molar-refractivity contribution < 1.29 is 24.2 Å². The molecule has 2 heterocycles. The van der Waals surface area contributed by atoms with Crippen LogP contribution in [0.3, 0.4) is 0 Å². The lowest BCUT2D eigenvalue weighted by Gasteiger charge is -2.37. The second-order valence-corrected chi connectivity index (χ2v) is 5.98. The molecule has 0 aromatic heterocycles. The summed E-state index contributed by atoms with van der Waals surface area (Å²) in [5, 5.41) is 11.8. The number of hydrogen-bond acceptors (Lipinski definition) is 4. The fraction of sp³-hybridized carbons (Fsp3) is 0.667. The third-order valence-electron chi connectivity index (χ3n) is 4.22. The molecule has 0 saturated carbocycles. The number of carboxylic acids is 1. The molecule has 2 N–H and O–H groups in total. The Balaban J connectivity index is 2.27. The first-order chi connectivity index (χ1) is 10.3. The van der Waals surface area contributed by atoms with Crippen molar-refractivity contribution in [2.45, 2.75) is 51.8 Å². The first-order valence-electron chi connectivity index (χ1n) is 7.50. The van der Waals surface area contributed by atoms with Crippen molar-refractivity contribution in [1.82, 2.24) is 10.2 Å². The van der Waals surface area contributed by atoms with Gasteiger partial charge in [0, 0.05) is 25.4 Å². The molecule has 2 aliphatic rings. The van der Waals surface area contributed by atoms with Gasteiger partial charge in [-0.05, 0) is 25.8 Å². The summed E-state index contributed by atoms with van der Waals surface area (Å²) in [5.41, 5.74) is 0. The Morgan fingerprint density at radius 1 is 1.36 bits per heavy atom. The van der Waals surface area contributed by atoms with E-state index in [1.165, 1.54) is 13.0 Å². The average molecular weight is 310 g/mol. The number of carboxylic acid groups (broad SMARTS) is 1. The number of carbonyl (C=O) groups excluding carboxylic acids is 2. The van der Waals surface area contributed by atoms with E-state index in [0.717, 1.165) is 12.8 Å². The first kappa shape index (κ1) is 16.3. The number of rotatable bonds is 3. The second-order valence-electron chi connectivity index (χ2n) is 5.98. The highest BCUT2D eigenvalue weighted by molar-refractivity contribution is 5.88. The van der Waals surface area contributed by atoms with Gasteiger partial charge in [0.25, 0.3) is 5.91 Å². The molecule has 1 unspecified atom stereocenters. The van der Waals surface area contributed by atoms with Crippen LogP contribution in [0.25, 0.3) is 0 Å². The van der Waals surface area contributed by atoms with Crippen LogP contribution in [0.5, 0.6) is 0 Å². The van der Waals surface area contributed by atoms with Crippen LogP contribution in [0.1, 0.15) is 33.6 Å². The van der Waals surface area contributed by atoms with Crippen LogP contribution >= 0.6 is 0 Å². The minimum Gasteiger partial charge on any atom is -0.475 e. The number of nitrogens with one attached hydrogen (secondary N) is 1. The Kier molecular flexibility index (Phi) is 4.73. The summed E-state index contributed by atoms with van der Waals surface area (Å²) in [6.45, 7) is 5.72. The standard InChI is InChI=1S/C15H22N2O5/c1-8-7-11(15(20)21)22-13(12(8)16-10(3)18)14(19)17-6-4-5-9(17)2/h7-9,12-13H,4-6H2,1-3H3,(H,16,18)(H,20,21)/t8-,9?,12+,13+/m0/s1. The van der Waals surface area contributed by atoms with Crippen molar-refractivity contribution in [1.29, 1.82) is 0 Å². The van der Waals surface area contributed by atoms with Gasteiger partial charge in [0.2, 0.25) is 11.7 Å². The van der Waals surface area contributed by atoms with Crippen LogP contribution in [-0.2, 0) is 19.1 Å². The Morgan fingerprint density at radius 2 is 2.05 bits per heavy atom. The van der Waals surface area contributed by atoms with Crippen molar-refractivity contribution in [3.05, 3.63) is 11.8 Å². The van der Waals surface area contributed by atoms with E-state index in [1.54, 1.807) is 11.8 Å². The topological polar surface area (TPSA) is 95.9 Å². The molecule has 2 rings (SSSR count). The summed E-state index contributed by atoms with van der Waals surface area (Å²) in [6.07, 6.45) is 2.26. The third-order valence-corrected chi connectivity index (χ3v) is 4.22. The number of aliphatic carboxylic acids is 1. The van der Waals surface area contributed by atoms with Crippen LogP contribution in [0.4, 0.5) is 0 Å². The third kappa shape index (κ3) is 3.23. The number of likely N-dealkylation sites (tertiary alicyclic amines) is 1. The predicted molar refractivity (Wildman–Crippen MR) is 77.8 cm³/mol. The van der Waals surface area contributed by atoms with Crippen LogP contribution in [-0.4, -0.2) is 52.5 Å². The molecule has 7 heteroatoms. The molecule has 0 spiro atoms. The monoisotopic (exact) mass is 310 g/mol.